The standard InChI is InChI=1S/C12H16F2N2/c1-9-7-15-4-5-16(9)8-10-2-3-11(13)12(14)6-10/h2-3,6,9,15H,4-5,7-8H2,1H3/t9-/m1/s1. The van der Waals surface area contributed by atoms with Crippen molar-refractivity contribution in [2.24, 2.45) is 0 Å². The molecule has 16 heavy (non-hydrogen) atoms. The summed E-state index contributed by atoms with van der Waals surface area (Å²) >= 11 is 0. The molecule has 0 radical (unpaired) electrons. The van der Waals surface area contributed by atoms with E-state index in [4.69, 9.17) is 0 Å². The highest BCUT2D eigenvalue weighted by molar-refractivity contribution is 5.17. The summed E-state index contributed by atoms with van der Waals surface area (Å²) in [6, 6.07) is 4.55. The van der Waals surface area contributed by atoms with Gasteiger partial charge in [-0.15, -0.1) is 0 Å². The molecule has 1 atom stereocenters. The molecule has 4 heteroatoms. The van der Waals surface area contributed by atoms with Gasteiger partial charge in [-0.25, -0.2) is 8.78 Å². The molecule has 0 saturated carbocycles. The van der Waals surface area contributed by atoms with E-state index in [-0.39, 0.29) is 0 Å². The molecule has 0 unspecified atom stereocenters. The molecular formula is C12H16F2N2. The van der Waals surface area contributed by atoms with Gasteiger partial charge in [0.05, 0.1) is 0 Å². The second-order valence-electron chi connectivity index (χ2n) is 4.27. The summed E-state index contributed by atoms with van der Waals surface area (Å²) in [5.41, 5.74) is 0.827. The highest BCUT2D eigenvalue weighted by Crippen LogP contribution is 2.13. The van der Waals surface area contributed by atoms with Crippen LogP contribution >= 0.6 is 0 Å². The van der Waals surface area contributed by atoms with Crippen LogP contribution < -0.4 is 5.32 Å². The van der Waals surface area contributed by atoms with Crippen LogP contribution in [0.15, 0.2) is 18.2 Å². The molecule has 0 spiro atoms. The average Bonchev–Trinajstić information content (AvgIpc) is 2.27. The van der Waals surface area contributed by atoms with Crippen molar-refractivity contribution in [3.63, 3.8) is 0 Å². The predicted octanol–water partition coefficient (Wildman–Crippen LogP) is 1.76. The number of benzene rings is 1. The molecule has 1 aromatic rings. The molecule has 1 fully saturated rings. The van der Waals surface area contributed by atoms with Crippen molar-refractivity contribution < 1.29 is 8.78 Å². The van der Waals surface area contributed by atoms with Gasteiger partial charge in [0.1, 0.15) is 0 Å². The fraction of sp³-hybridized carbons (Fsp3) is 0.500. The van der Waals surface area contributed by atoms with E-state index in [2.05, 4.69) is 17.1 Å². The Balaban J connectivity index is 2.05. The summed E-state index contributed by atoms with van der Waals surface area (Å²) in [6.07, 6.45) is 0. The third-order valence-electron chi connectivity index (χ3n) is 3.01. The topological polar surface area (TPSA) is 15.3 Å². The Morgan fingerprint density at radius 1 is 1.38 bits per heavy atom. The van der Waals surface area contributed by atoms with Crippen LogP contribution in [0, 0.1) is 11.6 Å². The molecule has 1 N–H and O–H groups in total. The van der Waals surface area contributed by atoms with Crippen LogP contribution in [-0.4, -0.2) is 30.6 Å². The molecule has 1 saturated heterocycles. The van der Waals surface area contributed by atoms with E-state index in [1.807, 2.05) is 0 Å². The maximum atomic E-state index is 13.0. The number of nitrogens with zero attached hydrogens (tertiary/aromatic N) is 1. The summed E-state index contributed by atoms with van der Waals surface area (Å²) < 4.78 is 25.8. The lowest BCUT2D eigenvalue weighted by Crippen LogP contribution is -2.49. The summed E-state index contributed by atoms with van der Waals surface area (Å²) in [7, 11) is 0. The number of rotatable bonds is 2. The number of hydrogen-bond donors (Lipinski definition) is 1. The van der Waals surface area contributed by atoms with Crippen LogP contribution in [0.4, 0.5) is 8.78 Å². The van der Waals surface area contributed by atoms with Crippen LogP contribution in [0.2, 0.25) is 0 Å². The molecular weight excluding hydrogens is 210 g/mol. The maximum absolute atomic E-state index is 13.0. The monoisotopic (exact) mass is 226 g/mol. The van der Waals surface area contributed by atoms with Gasteiger partial charge in [-0.3, -0.25) is 4.90 Å². The van der Waals surface area contributed by atoms with Crippen LogP contribution in [0.25, 0.3) is 0 Å². The number of hydrogen-bond acceptors (Lipinski definition) is 2. The fourth-order valence-corrected chi connectivity index (χ4v) is 1.99. The molecule has 1 aliphatic rings. The van der Waals surface area contributed by atoms with Crippen LogP contribution in [0.3, 0.4) is 0 Å². The normalized spacial score (nSPS) is 22.3. The van der Waals surface area contributed by atoms with Gasteiger partial charge in [-0.2, -0.15) is 0 Å². The third-order valence-corrected chi connectivity index (χ3v) is 3.01. The second-order valence-corrected chi connectivity index (χ2v) is 4.27. The lowest BCUT2D eigenvalue weighted by molar-refractivity contribution is 0.165. The highest BCUT2D eigenvalue weighted by atomic mass is 19.2. The zero-order valence-corrected chi connectivity index (χ0v) is 9.34. The quantitative estimate of drug-likeness (QED) is 0.826. The Hall–Kier alpha value is -1.00. The molecule has 88 valence electrons. The highest BCUT2D eigenvalue weighted by Gasteiger charge is 2.18. The first-order valence-electron chi connectivity index (χ1n) is 5.55. The van der Waals surface area contributed by atoms with Gasteiger partial charge in [0.2, 0.25) is 0 Å². The van der Waals surface area contributed by atoms with Crippen molar-refractivity contribution >= 4 is 0 Å². The number of piperazine rings is 1. The van der Waals surface area contributed by atoms with Crippen LogP contribution in [0.1, 0.15) is 12.5 Å². The molecule has 0 bridgehead atoms. The lowest BCUT2D eigenvalue weighted by Gasteiger charge is -2.33. The molecule has 2 nitrogen and oxygen atoms in total. The largest absolute Gasteiger partial charge is 0.314 e. The van der Waals surface area contributed by atoms with Gasteiger partial charge in [-0.05, 0) is 24.6 Å². The molecule has 0 aromatic heterocycles. The second kappa shape index (κ2) is 4.89. The zero-order chi connectivity index (χ0) is 11.5. The Morgan fingerprint density at radius 2 is 2.19 bits per heavy atom. The molecule has 1 aromatic carbocycles. The van der Waals surface area contributed by atoms with Gasteiger partial charge in [0.25, 0.3) is 0 Å². The van der Waals surface area contributed by atoms with E-state index in [0.717, 1.165) is 25.2 Å². The Bertz CT molecular complexity index is 368. The van der Waals surface area contributed by atoms with Crippen molar-refractivity contribution in [1.29, 1.82) is 0 Å². The van der Waals surface area contributed by atoms with Crippen LogP contribution in [-0.2, 0) is 6.54 Å². The lowest BCUT2D eigenvalue weighted by atomic mass is 10.1. The smallest absolute Gasteiger partial charge is 0.159 e. The van der Waals surface area contributed by atoms with Crippen molar-refractivity contribution in [2.45, 2.75) is 19.5 Å². The third kappa shape index (κ3) is 2.57. The summed E-state index contributed by atoms with van der Waals surface area (Å²) in [5, 5.41) is 3.30. The van der Waals surface area contributed by atoms with Gasteiger partial charge < -0.3 is 5.32 Å². The number of nitrogens with one attached hydrogen (secondary N) is 1. The summed E-state index contributed by atoms with van der Waals surface area (Å²) in [4.78, 5) is 2.27. The minimum absolute atomic E-state index is 0.432. The first-order valence-corrected chi connectivity index (χ1v) is 5.55. The Morgan fingerprint density at radius 3 is 2.88 bits per heavy atom. The number of halogens is 2. The Kier molecular flexibility index (Phi) is 3.51. The van der Waals surface area contributed by atoms with Crippen molar-refractivity contribution in [3.05, 3.63) is 35.4 Å². The first-order chi connectivity index (χ1) is 7.66. The molecule has 1 aliphatic heterocycles. The minimum atomic E-state index is -0.780. The molecule has 2 rings (SSSR count). The van der Waals surface area contributed by atoms with Crippen molar-refractivity contribution in [3.8, 4) is 0 Å². The molecule has 0 aliphatic carbocycles. The van der Waals surface area contributed by atoms with E-state index in [1.54, 1.807) is 6.07 Å². The van der Waals surface area contributed by atoms with E-state index in [0.29, 0.717) is 12.6 Å². The van der Waals surface area contributed by atoms with E-state index in [1.165, 1.54) is 12.1 Å². The summed E-state index contributed by atoms with van der Waals surface area (Å²) in [5.74, 6) is -1.54. The average molecular weight is 226 g/mol. The summed E-state index contributed by atoms with van der Waals surface area (Å²) in [6.45, 7) is 5.66. The van der Waals surface area contributed by atoms with Gasteiger partial charge in [-0.1, -0.05) is 6.07 Å². The van der Waals surface area contributed by atoms with Gasteiger partial charge in [0.15, 0.2) is 11.6 Å². The first kappa shape index (κ1) is 11.5. The zero-order valence-electron chi connectivity index (χ0n) is 9.34. The van der Waals surface area contributed by atoms with Crippen molar-refractivity contribution in [1.82, 2.24) is 10.2 Å². The molecule has 0 amide bonds. The SMILES string of the molecule is C[C@@H]1CNCCN1Cc1ccc(F)c(F)c1. The predicted molar refractivity (Wildman–Crippen MR) is 59.1 cm³/mol. The van der Waals surface area contributed by atoms with E-state index < -0.39 is 11.6 Å². The van der Waals surface area contributed by atoms with Gasteiger partial charge in [0, 0.05) is 32.2 Å². The van der Waals surface area contributed by atoms with Gasteiger partial charge >= 0.3 is 0 Å². The Labute approximate surface area is 94.3 Å². The maximum Gasteiger partial charge on any atom is 0.159 e. The minimum Gasteiger partial charge on any atom is -0.314 e. The van der Waals surface area contributed by atoms with E-state index >= 15 is 0 Å². The van der Waals surface area contributed by atoms with E-state index in [9.17, 15) is 8.78 Å². The fourth-order valence-electron chi connectivity index (χ4n) is 1.99. The molecule has 1 heterocycles. The van der Waals surface area contributed by atoms with Crippen molar-refractivity contribution in [2.75, 3.05) is 19.6 Å². The van der Waals surface area contributed by atoms with Crippen LogP contribution in [0.5, 0.6) is 0 Å².